The van der Waals surface area contributed by atoms with E-state index in [-0.39, 0.29) is 5.41 Å². The highest BCUT2D eigenvalue weighted by Crippen LogP contribution is 2.21. The first-order valence-electron chi connectivity index (χ1n) is 5.17. The lowest BCUT2D eigenvalue weighted by atomic mass is 9.88. The fourth-order valence-electron chi connectivity index (χ4n) is 1.32. The summed E-state index contributed by atoms with van der Waals surface area (Å²) in [6.45, 7) is 3.92. The number of hydrogen-bond donors (Lipinski definition) is 0. The van der Waals surface area contributed by atoms with Crippen LogP contribution in [0.4, 0.5) is 0 Å². The van der Waals surface area contributed by atoms with Gasteiger partial charge in [0.1, 0.15) is 12.0 Å². The Kier molecular flexibility index (Phi) is 3.89. The Morgan fingerprint density at radius 3 is 2.33 bits per heavy atom. The van der Waals surface area contributed by atoms with Crippen LogP contribution in [0.2, 0.25) is 0 Å². The minimum atomic E-state index is -0.222. The van der Waals surface area contributed by atoms with E-state index in [1.165, 1.54) is 5.56 Å². The van der Waals surface area contributed by atoms with Crippen LogP contribution in [0.5, 0.6) is 5.75 Å². The third kappa shape index (κ3) is 3.74. The molecule has 0 aliphatic rings. The Labute approximate surface area is 91.3 Å². The molecule has 15 heavy (non-hydrogen) atoms. The van der Waals surface area contributed by atoms with Gasteiger partial charge in [0.15, 0.2) is 0 Å². The van der Waals surface area contributed by atoms with Gasteiger partial charge in [0.25, 0.3) is 0 Å². The van der Waals surface area contributed by atoms with Crippen LogP contribution in [0.3, 0.4) is 0 Å². The van der Waals surface area contributed by atoms with E-state index < -0.39 is 0 Å². The molecule has 0 aliphatic carbocycles. The van der Waals surface area contributed by atoms with Crippen LogP contribution >= 0.6 is 0 Å². The quantitative estimate of drug-likeness (QED) is 0.692. The van der Waals surface area contributed by atoms with Gasteiger partial charge in [-0.25, -0.2) is 0 Å². The normalized spacial score (nSPS) is 11.1. The van der Waals surface area contributed by atoms with Crippen molar-refractivity contribution in [2.75, 3.05) is 7.11 Å². The van der Waals surface area contributed by atoms with Crippen molar-refractivity contribution in [1.29, 1.82) is 0 Å². The van der Waals surface area contributed by atoms with E-state index in [0.717, 1.165) is 24.9 Å². The SMILES string of the molecule is COc1ccc(CCC(C)(C)C=O)cc1. The van der Waals surface area contributed by atoms with E-state index >= 15 is 0 Å². The number of methoxy groups -OCH3 is 1. The zero-order valence-corrected chi connectivity index (χ0v) is 9.62. The molecule has 0 unspecified atom stereocenters. The molecule has 0 aliphatic heterocycles. The molecule has 0 bridgehead atoms. The van der Waals surface area contributed by atoms with Gasteiger partial charge in [-0.1, -0.05) is 26.0 Å². The van der Waals surface area contributed by atoms with Crippen molar-refractivity contribution >= 4 is 6.29 Å². The zero-order valence-electron chi connectivity index (χ0n) is 9.62. The molecule has 1 rings (SSSR count). The molecule has 0 N–H and O–H groups in total. The molecule has 82 valence electrons. The van der Waals surface area contributed by atoms with Gasteiger partial charge in [0, 0.05) is 5.41 Å². The summed E-state index contributed by atoms with van der Waals surface area (Å²) >= 11 is 0. The van der Waals surface area contributed by atoms with Crippen molar-refractivity contribution in [3.8, 4) is 5.75 Å². The van der Waals surface area contributed by atoms with E-state index in [0.29, 0.717) is 0 Å². The van der Waals surface area contributed by atoms with E-state index in [2.05, 4.69) is 0 Å². The fraction of sp³-hybridized carbons (Fsp3) is 0.462. The predicted octanol–water partition coefficient (Wildman–Crippen LogP) is 2.85. The van der Waals surface area contributed by atoms with E-state index in [1.54, 1.807) is 7.11 Å². The van der Waals surface area contributed by atoms with Gasteiger partial charge in [-0.15, -0.1) is 0 Å². The first-order valence-corrected chi connectivity index (χ1v) is 5.17. The average molecular weight is 206 g/mol. The molecule has 1 aromatic rings. The number of benzene rings is 1. The molecular weight excluding hydrogens is 188 g/mol. The predicted molar refractivity (Wildman–Crippen MR) is 61.2 cm³/mol. The largest absolute Gasteiger partial charge is 0.497 e. The fourth-order valence-corrected chi connectivity index (χ4v) is 1.32. The van der Waals surface area contributed by atoms with E-state index in [1.807, 2.05) is 38.1 Å². The van der Waals surface area contributed by atoms with Crippen LogP contribution < -0.4 is 4.74 Å². The second kappa shape index (κ2) is 4.96. The molecule has 1 aromatic carbocycles. The van der Waals surface area contributed by atoms with Gasteiger partial charge in [0.2, 0.25) is 0 Å². The highest BCUT2D eigenvalue weighted by Gasteiger charge is 2.15. The maximum Gasteiger partial charge on any atom is 0.125 e. The lowest BCUT2D eigenvalue weighted by Crippen LogP contribution is -2.13. The summed E-state index contributed by atoms with van der Waals surface area (Å²) in [5.41, 5.74) is 1.02. The van der Waals surface area contributed by atoms with E-state index in [4.69, 9.17) is 4.74 Å². The van der Waals surface area contributed by atoms with Crippen molar-refractivity contribution in [2.45, 2.75) is 26.7 Å². The minimum Gasteiger partial charge on any atom is -0.497 e. The zero-order chi connectivity index (χ0) is 11.3. The number of aryl methyl sites for hydroxylation is 1. The summed E-state index contributed by atoms with van der Waals surface area (Å²) in [5, 5.41) is 0. The minimum absolute atomic E-state index is 0.222. The Hall–Kier alpha value is -1.31. The number of rotatable bonds is 5. The monoisotopic (exact) mass is 206 g/mol. The van der Waals surface area contributed by atoms with Crippen molar-refractivity contribution in [1.82, 2.24) is 0 Å². The summed E-state index contributed by atoms with van der Waals surface area (Å²) < 4.78 is 5.08. The first kappa shape index (κ1) is 11.8. The van der Waals surface area contributed by atoms with Crippen LogP contribution in [0.15, 0.2) is 24.3 Å². The molecule has 0 atom stereocenters. The molecule has 0 heterocycles. The summed E-state index contributed by atoms with van der Waals surface area (Å²) in [6.07, 6.45) is 2.83. The van der Waals surface area contributed by atoms with Crippen molar-refractivity contribution < 1.29 is 9.53 Å². The van der Waals surface area contributed by atoms with Crippen LogP contribution in [-0.2, 0) is 11.2 Å². The summed E-state index contributed by atoms with van der Waals surface area (Å²) in [4.78, 5) is 10.7. The van der Waals surface area contributed by atoms with Crippen molar-refractivity contribution in [2.24, 2.45) is 5.41 Å². The smallest absolute Gasteiger partial charge is 0.125 e. The molecule has 2 heteroatoms. The number of aldehydes is 1. The molecule has 2 nitrogen and oxygen atoms in total. The molecular formula is C13H18O2. The summed E-state index contributed by atoms with van der Waals surface area (Å²) in [6, 6.07) is 7.98. The van der Waals surface area contributed by atoms with Crippen LogP contribution in [0.1, 0.15) is 25.8 Å². The highest BCUT2D eigenvalue weighted by atomic mass is 16.5. The molecule has 0 spiro atoms. The van der Waals surface area contributed by atoms with Crippen LogP contribution in [0, 0.1) is 5.41 Å². The Morgan fingerprint density at radius 2 is 1.87 bits per heavy atom. The van der Waals surface area contributed by atoms with Gasteiger partial charge in [-0.2, -0.15) is 0 Å². The van der Waals surface area contributed by atoms with Gasteiger partial charge in [0.05, 0.1) is 7.11 Å². The second-order valence-electron chi connectivity index (χ2n) is 4.45. The standard InChI is InChI=1S/C13H18O2/c1-13(2,10-14)9-8-11-4-6-12(15-3)7-5-11/h4-7,10H,8-9H2,1-3H3. The number of hydrogen-bond acceptors (Lipinski definition) is 2. The number of carbonyl (C=O) groups excluding carboxylic acids is 1. The maximum atomic E-state index is 10.7. The summed E-state index contributed by atoms with van der Waals surface area (Å²) in [7, 11) is 1.66. The van der Waals surface area contributed by atoms with Crippen LogP contribution in [0.25, 0.3) is 0 Å². The Balaban J connectivity index is 2.54. The van der Waals surface area contributed by atoms with Gasteiger partial charge in [-0.3, -0.25) is 0 Å². The number of carbonyl (C=O) groups is 1. The molecule has 0 saturated carbocycles. The number of ether oxygens (including phenoxy) is 1. The molecule has 0 fully saturated rings. The molecule has 0 aromatic heterocycles. The lowest BCUT2D eigenvalue weighted by molar-refractivity contribution is -0.114. The van der Waals surface area contributed by atoms with E-state index in [9.17, 15) is 4.79 Å². The third-order valence-electron chi connectivity index (χ3n) is 2.54. The molecule has 0 saturated heterocycles. The van der Waals surface area contributed by atoms with Gasteiger partial charge in [-0.05, 0) is 30.5 Å². The van der Waals surface area contributed by atoms with Gasteiger partial charge >= 0.3 is 0 Å². The first-order chi connectivity index (χ1) is 7.07. The van der Waals surface area contributed by atoms with Crippen molar-refractivity contribution in [3.63, 3.8) is 0 Å². The topological polar surface area (TPSA) is 26.3 Å². The second-order valence-corrected chi connectivity index (χ2v) is 4.45. The average Bonchev–Trinajstić information content (AvgIpc) is 2.27. The van der Waals surface area contributed by atoms with Gasteiger partial charge < -0.3 is 9.53 Å². The van der Waals surface area contributed by atoms with Crippen molar-refractivity contribution in [3.05, 3.63) is 29.8 Å². The molecule has 0 radical (unpaired) electrons. The Morgan fingerprint density at radius 1 is 1.27 bits per heavy atom. The van der Waals surface area contributed by atoms with Crippen LogP contribution in [-0.4, -0.2) is 13.4 Å². The summed E-state index contributed by atoms with van der Waals surface area (Å²) in [5.74, 6) is 0.869. The maximum absolute atomic E-state index is 10.7. The highest BCUT2D eigenvalue weighted by molar-refractivity contribution is 5.57. The molecule has 0 amide bonds. The Bertz CT molecular complexity index is 312. The third-order valence-corrected chi connectivity index (χ3v) is 2.54. The lowest BCUT2D eigenvalue weighted by Gasteiger charge is -2.16.